The fraction of sp³-hybridized carbons (Fsp3) is 0.600. The monoisotopic (exact) mass is 266 g/mol. The van der Waals surface area contributed by atoms with E-state index in [0.717, 1.165) is 0 Å². The normalized spacial score (nSPS) is 10.2. The molecule has 0 saturated carbocycles. The van der Waals surface area contributed by atoms with Gasteiger partial charge in [-0.2, -0.15) is 13.2 Å². The molecule has 0 aliphatic heterocycles. The first-order valence-corrected chi connectivity index (χ1v) is 4.97. The largest absolute Gasteiger partial charge is 0.480 e. The van der Waals surface area contributed by atoms with E-state index in [1.165, 1.54) is 0 Å². The van der Waals surface area contributed by atoms with Gasteiger partial charge in [0.25, 0.3) is 0 Å². The van der Waals surface area contributed by atoms with Crippen LogP contribution < -0.4 is 5.32 Å². The highest BCUT2D eigenvalue weighted by Gasteiger charge is 2.33. The van der Waals surface area contributed by atoms with E-state index >= 15 is 0 Å². The second kappa shape index (κ2) is 7.42. The number of urea groups is 1. The van der Waals surface area contributed by atoms with Gasteiger partial charge in [-0.05, 0) is 6.92 Å². The maximum absolute atomic E-state index is 12.1. The molecule has 0 aromatic heterocycles. The topological polar surface area (TPSA) is 69.6 Å². The van der Waals surface area contributed by atoms with Gasteiger partial charge in [0.1, 0.15) is 13.1 Å². The van der Waals surface area contributed by atoms with Crippen LogP contribution in [0.25, 0.3) is 0 Å². The van der Waals surface area contributed by atoms with Crippen LogP contribution in [-0.2, 0) is 4.79 Å². The van der Waals surface area contributed by atoms with E-state index in [4.69, 9.17) is 5.11 Å². The van der Waals surface area contributed by atoms with Gasteiger partial charge in [-0.1, -0.05) is 0 Å². The number of halogens is 3. The Morgan fingerprint density at radius 3 is 2.44 bits per heavy atom. The Labute approximate surface area is 102 Å². The molecule has 8 heteroatoms. The quantitative estimate of drug-likeness (QED) is 0.577. The van der Waals surface area contributed by atoms with Crippen LogP contribution in [0.3, 0.4) is 0 Å². The SMILES string of the molecule is CC#CCCNC(=O)N(CC(=O)O)CC(F)(F)F. The van der Waals surface area contributed by atoms with Crippen molar-refractivity contribution in [1.82, 2.24) is 10.2 Å². The van der Waals surface area contributed by atoms with Crippen molar-refractivity contribution in [1.29, 1.82) is 0 Å². The van der Waals surface area contributed by atoms with Crippen molar-refractivity contribution in [3.05, 3.63) is 0 Å². The van der Waals surface area contributed by atoms with E-state index in [2.05, 4.69) is 17.2 Å². The van der Waals surface area contributed by atoms with Gasteiger partial charge in [0.15, 0.2) is 0 Å². The van der Waals surface area contributed by atoms with Crippen molar-refractivity contribution in [3.63, 3.8) is 0 Å². The first kappa shape index (κ1) is 16.1. The van der Waals surface area contributed by atoms with Gasteiger partial charge in [0.2, 0.25) is 0 Å². The molecule has 0 rings (SSSR count). The number of hydrogen-bond donors (Lipinski definition) is 2. The van der Waals surface area contributed by atoms with Crippen LogP contribution in [-0.4, -0.2) is 47.8 Å². The van der Waals surface area contributed by atoms with Crippen molar-refractivity contribution in [3.8, 4) is 11.8 Å². The minimum atomic E-state index is -4.64. The molecule has 5 nitrogen and oxygen atoms in total. The third kappa shape index (κ3) is 8.27. The van der Waals surface area contributed by atoms with Crippen molar-refractivity contribution >= 4 is 12.0 Å². The Balaban J connectivity index is 4.39. The second-order valence-corrected chi connectivity index (χ2v) is 3.27. The van der Waals surface area contributed by atoms with Crippen molar-refractivity contribution in [2.45, 2.75) is 19.5 Å². The van der Waals surface area contributed by atoms with Gasteiger partial charge in [0.05, 0.1) is 0 Å². The van der Waals surface area contributed by atoms with Crippen molar-refractivity contribution in [2.75, 3.05) is 19.6 Å². The van der Waals surface area contributed by atoms with Crippen molar-refractivity contribution < 1.29 is 27.9 Å². The summed E-state index contributed by atoms with van der Waals surface area (Å²) in [7, 11) is 0. The smallest absolute Gasteiger partial charge is 0.406 e. The number of hydrogen-bond acceptors (Lipinski definition) is 2. The molecule has 0 fully saturated rings. The molecule has 0 aromatic rings. The first-order chi connectivity index (χ1) is 8.26. The molecule has 0 unspecified atom stereocenters. The van der Waals surface area contributed by atoms with E-state index in [0.29, 0.717) is 0 Å². The number of carboxylic acids is 1. The molecule has 0 bridgehead atoms. The number of amides is 2. The molecule has 102 valence electrons. The van der Waals surface area contributed by atoms with E-state index in [1.807, 2.05) is 0 Å². The first-order valence-electron chi connectivity index (χ1n) is 4.97. The minimum Gasteiger partial charge on any atom is -0.480 e. The Morgan fingerprint density at radius 1 is 1.39 bits per heavy atom. The molecule has 0 spiro atoms. The van der Waals surface area contributed by atoms with Gasteiger partial charge < -0.3 is 15.3 Å². The summed E-state index contributed by atoms with van der Waals surface area (Å²) >= 11 is 0. The van der Waals surface area contributed by atoms with Gasteiger partial charge in [-0.15, -0.1) is 11.8 Å². The zero-order valence-corrected chi connectivity index (χ0v) is 9.67. The zero-order chi connectivity index (χ0) is 14.2. The summed E-state index contributed by atoms with van der Waals surface area (Å²) in [5.74, 6) is 3.65. The molecule has 0 aliphatic carbocycles. The van der Waals surface area contributed by atoms with Gasteiger partial charge in [-0.25, -0.2) is 4.79 Å². The van der Waals surface area contributed by atoms with Crippen LogP contribution in [0, 0.1) is 11.8 Å². The molecule has 0 aromatic carbocycles. The highest BCUT2D eigenvalue weighted by atomic mass is 19.4. The number of nitrogens with one attached hydrogen (secondary N) is 1. The standard InChI is InChI=1S/C10H13F3N2O3/c1-2-3-4-5-14-9(18)15(6-8(16)17)7-10(11,12)13/h4-7H2,1H3,(H,14,18)(H,16,17). The molecule has 0 heterocycles. The lowest BCUT2D eigenvalue weighted by atomic mass is 10.4. The molecule has 0 radical (unpaired) electrons. The lowest BCUT2D eigenvalue weighted by molar-refractivity contribution is -0.148. The summed E-state index contributed by atoms with van der Waals surface area (Å²) in [5.41, 5.74) is 0. The number of aliphatic carboxylic acids is 1. The summed E-state index contributed by atoms with van der Waals surface area (Å²) in [5, 5.41) is 10.6. The maximum Gasteiger partial charge on any atom is 0.406 e. The van der Waals surface area contributed by atoms with Crippen LogP contribution in [0.4, 0.5) is 18.0 Å². The third-order valence-electron chi connectivity index (χ3n) is 1.69. The molecule has 0 aliphatic rings. The number of alkyl halides is 3. The van der Waals surface area contributed by atoms with Crippen LogP contribution in [0.1, 0.15) is 13.3 Å². The second-order valence-electron chi connectivity index (χ2n) is 3.27. The summed E-state index contributed by atoms with van der Waals surface area (Å²) in [6.07, 6.45) is -4.36. The van der Waals surface area contributed by atoms with Gasteiger partial charge in [0, 0.05) is 13.0 Å². The Hall–Kier alpha value is -1.91. The Bertz CT molecular complexity index is 358. The highest BCUT2D eigenvalue weighted by molar-refractivity contribution is 5.80. The molecule has 0 atom stereocenters. The van der Waals surface area contributed by atoms with Crippen LogP contribution in [0.15, 0.2) is 0 Å². The van der Waals surface area contributed by atoms with Crippen molar-refractivity contribution in [2.24, 2.45) is 0 Å². The summed E-state index contributed by atoms with van der Waals surface area (Å²) in [4.78, 5) is 21.9. The summed E-state index contributed by atoms with van der Waals surface area (Å²) in [6, 6.07) is -1.08. The van der Waals surface area contributed by atoms with Crippen LogP contribution in [0.2, 0.25) is 0 Å². The molecule has 18 heavy (non-hydrogen) atoms. The summed E-state index contributed by atoms with van der Waals surface area (Å²) in [6.45, 7) is -0.967. The van der Waals surface area contributed by atoms with E-state index < -0.39 is 31.3 Å². The number of carboxylic acid groups (broad SMARTS) is 1. The van der Waals surface area contributed by atoms with Crippen LogP contribution >= 0.6 is 0 Å². The fourth-order valence-electron chi connectivity index (χ4n) is 1.05. The molecular weight excluding hydrogens is 253 g/mol. The fourth-order valence-corrected chi connectivity index (χ4v) is 1.05. The predicted octanol–water partition coefficient (Wildman–Crippen LogP) is 1.06. The van der Waals surface area contributed by atoms with Gasteiger partial charge >= 0.3 is 18.2 Å². The Morgan fingerprint density at radius 2 is 2.00 bits per heavy atom. The van der Waals surface area contributed by atoms with Crippen LogP contribution in [0.5, 0.6) is 0 Å². The van der Waals surface area contributed by atoms with E-state index in [-0.39, 0.29) is 17.9 Å². The highest BCUT2D eigenvalue weighted by Crippen LogP contribution is 2.16. The third-order valence-corrected chi connectivity index (χ3v) is 1.69. The summed E-state index contributed by atoms with van der Waals surface area (Å²) < 4.78 is 36.4. The molecule has 2 amide bonds. The molecular formula is C10H13F3N2O3. The molecule has 0 saturated heterocycles. The minimum absolute atomic E-state index is 0.0631. The number of carbonyl (C=O) groups excluding carboxylic acids is 1. The zero-order valence-electron chi connectivity index (χ0n) is 9.67. The van der Waals surface area contributed by atoms with E-state index in [1.54, 1.807) is 6.92 Å². The average Bonchev–Trinajstić information content (AvgIpc) is 2.20. The van der Waals surface area contributed by atoms with Gasteiger partial charge in [-0.3, -0.25) is 4.79 Å². The Kier molecular flexibility index (Phi) is 6.63. The number of nitrogens with zero attached hydrogens (tertiary/aromatic N) is 1. The predicted molar refractivity (Wildman–Crippen MR) is 56.7 cm³/mol. The average molecular weight is 266 g/mol. The lowest BCUT2D eigenvalue weighted by Crippen LogP contribution is -2.47. The number of carbonyl (C=O) groups is 2. The lowest BCUT2D eigenvalue weighted by Gasteiger charge is -2.22. The molecule has 2 N–H and O–H groups in total. The maximum atomic E-state index is 12.1. The van der Waals surface area contributed by atoms with E-state index in [9.17, 15) is 22.8 Å². The number of rotatable bonds is 5.